The van der Waals surface area contributed by atoms with Gasteiger partial charge in [-0.1, -0.05) is 0 Å². The zero-order valence-corrected chi connectivity index (χ0v) is 13.4. The number of ether oxygens (including phenoxy) is 1. The van der Waals surface area contributed by atoms with Gasteiger partial charge in [0, 0.05) is 43.3 Å². The van der Waals surface area contributed by atoms with Gasteiger partial charge in [-0.3, -0.25) is 0 Å². The number of nitrogens with zero attached hydrogens (tertiary/aromatic N) is 1. The molecule has 21 heavy (non-hydrogen) atoms. The predicted molar refractivity (Wildman–Crippen MR) is 83.3 cm³/mol. The lowest BCUT2D eigenvalue weighted by Gasteiger charge is -2.40. The van der Waals surface area contributed by atoms with Crippen molar-refractivity contribution in [3.05, 3.63) is 23.7 Å². The average Bonchev–Trinajstić information content (AvgIpc) is 3.22. The number of furan rings is 1. The van der Waals surface area contributed by atoms with Crippen molar-refractivity contribution in [3.8, 4) is 0 Å². The lowest BCUT2D eigenvalue weighted by atomic mass is 9.81. The molecule has 2 aliphatic rings. The van der Waals surface area contributed by atoms with E-state index in [0.717, 1.165) is 44.7 Å². The molecule has 1 aromatic rings. The Labute approximate surface area is 127 Å². The second-order valence-electron chi connectivity index (χ2n) is 6.99. The van der Waals surface area contributed by atoms with Crippen LogP contribution in [0.15, 0.2) is 16.7 Å². The molecule has 0 spiro atoms. The average molecular weight is 292 g/mol. The van der Waals surface area contributed by atoms with Crippen molar-refractivity contribution in [2.45, 2.75) is 45.2 Å². The van der Waals surface area contributed by atoms with E-state index in [9.17, 15) is 0 Å². The summed E-state index contributed by atoms with van der Waals surface area (Å²) in [7, 11) is 2.21. The number of rotatable bonds is 7. The minimum Gasteiger partial charge on any atom is -0.469 e. The van der Waals surface area contributed by atoms with E-state index in [4.69, 9.17) is 9.15 Å². The smallest absolute Gasteiger partial charge is 0.105 e. The fourth-order valence-corrected chi connectivity index (χ4v) is 3.37. The van der Waals surface area contributed by atoms with Gasteiger partial charge < -0.3 is 19.4 Å². The molecule has 0 radical (unpaired) electrons. The third kappa shape index (κ3) is 4.09. The molecule has 4 heteroatoms. The highest BCUT2D eigenvalue weighted by Gasteiger charge is 2.35. The van der Waals surface area contributed by atoms with E-state index in [1.165, 1.54) is 31.2 Å². The van der Waals surface area contributed by atoms with E-state index in [1.807, 2.05) is 6.92 Å². The first kappa shape index (κ1) is 15.1. The fraction of sp³-hybridized carbons (Fsp3) is 0.765. The molecule has 1 N–H and O–H groups in total. The Morgan fingerprint density at radius 1 is 1.43 bits per heavy atom. The van der Waals surface area contributed by atoms with Crippen LogP contribution < -0.4 is 5.32 Å². The summed E-state index contributed by atoms with van der Waals surface area (Å²) >= 11 is 0. The minimum absolute atomic E-state index is 0.271. The normalized spacial score (nSPS) is 26.4. The fourth-order valence-electron chi connectivity index (χ4n) is 3.37. The molecule has 4 nitrogen and oxygen atoms in total. The Bertz CT molecular complexity index is 447. The summed E-state index contributed by atoms with van der Waals surface area (Å²) < 4.78 is 11.2. The molecule has 2 fully saturated rings. The molecule has 0 bridgehead atoms. The number of hydrogen-bond acceptors (Lipinski definition) is 4. The van der Waals surface area contributed by atoms with Gasteiger partial charge in [0.25, 0.3) is 0 Å². The Balaban J connectivity index is 1.58. The number of nitrogens with one attached hydrogen (secondary N) is 1. The highest BCUT2D eigenvalue weighted by atomic mass is 16.5. The van der Waals surface area contributed by atoms with E-state index in [2.05, 4.69) is 23.3 Å². The zero-order chi connectivity index (χ0) is 14.7. The molecule has 1 atom stereocenters. The van der Waals surface area contributed by atoms with Gasteiger partial charge in [0.05, 0.1) is 12.9 Å². The highest BCUT2D eigenvalue weighted by Crippen LogP contribution is 2.31. The van der Waals surface area contributed by atoms with Crippen LogP contribution >= 0.6 is 0 Å². The first-order valence-corrected chi connectivity index (χ1v) is 8.20. The first-order valence-electron chi connectivity index (χ1n) is 8.20. The van der Waals surface area contributed by atoms with Crippen LogP contribution in [0.2, 0.25) is 0 Å². The van der Waals surface area contributed by atoms with Crippen LogP contribution in [0.1, 0.15) is 37.0 Å². The van der Waals surface area contributed by atoms with Crippen molar-refractivity contribution in [2.24, 2.45) is 5.41 Å². The molecule has 1 aliphatic heterocycles. The molecule has 1 saturated heterocycles. The molecule has 0 aromatic carbocycles. The van der Waals surface area contributed by atoms with Gasteiger partial charge in [-0.25, -0.2) is 0 Å². The largest absolute Gasteiger partial charge is 0.469 e. The quantitative estimate of drug-likeness (QED) is 0.838. The first-order chi connectivity index (χ1) is 10.2. The molecule has 1 saturated carbocycles. The van der Waals surface area contributed by atoms with Crippen LogP contribution in [-0.4, -0.2) is 44.3 Å². The van der Waals surface area contributed by atoms with Gasteiger partial charge in [-0.2, -0.15) is 0 Å². The van der Waals surface area contributed by atoms with Gasteiger partial charge in [-0.15, -0.1) is 0 Å². The summed E-state index contributed by atoms with van der Waals surface area (Å²) in [5, 5.41) is 3.72. The van der Waals surface area contributed by atoms with E-state index in [0.29, 0.717) is 0 Å². The van der Waals surface area contributed by atoms with Crippen LogP contribution in [0.4, 0.5) is 0 Å². The molecule has 1 aromatic heterocycles. The van der Waals surface area contributed by atoms with E-state index < -0.39 is 0 Å². The Kier molecular flexibility index (Phi) is 4.67. The molecule has 118 valence electrons. The van der Waals surface area contributed by atoms with Gasteiger partial charge >= 0.3 is 0 Å². The van der Waals surface area contributed by atoms with Crippen molar-refractivity contribution in [2.75, 3.05) is 33.4 Å². The Morgan fingerprint density at radius 2 is 2.29 bits per heavy atom. The molecule has 2 heterocycles. The van der Waals surface area contributed by atoms with Gasteiger partial charge in [0.15, 0.2) is 0 Å². The number of aryl methyl sites for hydroxylation is 1. The van der Waals surface area contributed by atoms with Crippen molar-refractivity contribution < 1.29 is 9.15 Å². The molecular formula is C17H28N2O2. The molecule has 1 unspecified atom stereocenters. The van der Waals surface area contributed by atoms with Crippen molar-refractivity contribution >= 4 is 0 Å². The summed E-state index contributed by atoms with van der Waals surface area (Å²) in [6, 6.07) is 2.85. The van der Waals surface area contributed by atoms with Crippen molar-refractivity contribution in [1.82, 2.24) is 10.2 Å². The van der Waals surface area contributed by atoms with Gasteiger partial charge in [0.1, 0.15) is 5.76 Å². The summed E-state index contributed by atoms with van der Waals surface area (Å²) in [6.07, 6.45) is 6.93. The Morgan fingerprint density at radius 3 is 2.90 bits per heavy atom. The maximum atomic E-state index is 5.81. The second kappa shape index (κ2) is 6.51. The topological polar surface area (TPSA) is 37.6 Å². The lowest BCUT2D eigenvalue weighted by molar-refractivity contribution is -0.0239. The summed E-state index contributed by atoms with van der Waals surface area (Å²) in [5.74, 6) is 1.03. The maximum absolute atomic E-state index is 5.81. The van der Waals surface area contributed by atoms with E-state index in [1.54, 1.807) is 6.26 Å². The molecule has 0 amide bonds. The second-order valence-corrected chi connectivity index (χ2v) is 6.99. The highest BCUT2D eigenvalue weighted by molar-refractivity contribution is 5.15. The SMILES string of the molecule is Cc1occc1CN(C)CC1(CNC2CC2)CCCOC1. The summed E-state index contributed by atoms with van der Waals surface area (Å²) in [6.45, 7) is 6.98. The third-order valence-electron chi connectivity index (χ3n) is 4.76. The number of hydrogen-bond donors (Lipinski definition) is 1. The van der Waals surface area contributed by atoms with Crippen molar-refractivity contribution in [1.29, 1.82) is 0 Å². The maximum Gasteiger partial charge on any atom is 0.105 e. The molecule has 1 aliphatic carbocycles. The van der Waals surface area contributed by atoms with Crippen LogP contribution in [0.3, 0.4) is 0 Å². The predicted octanol–water partition coefficient (Wildman–Crippen LogP) is 2.57. The van der Waals surface area contributed by atoms with Gasteiger partial charge in [0.2, 0.25) is 0 Å². The third-order valence-corrected chi connectivity index (χ3v) is 4.76. The van der Waals surface area contributed by atoms with E-state index in [-0.39, 0.29) is 5.41 Å². The summed E-state index contributed by atoms with van der Waals surface area (Å²) in [4.78, 5) is 2.42. The Hall–Kier alpha value is -0.840. The van der Waals surface area contributed by atoms with Crippen LogP contribution in [0.5, 0.6) is 0 Å². The van der Waals surface area contributed by atoms with Crippen LogP contribution in [0, 0.1) is 12.3 Å². The standard InChI is InChI=1S/C17H28N2O2/c1-14-15(6-9-21-14)10-19(2)12-17(7-3-8-20-13-17)11-18-16-4-5-16/h6,9,16,18H,3-5,7-8,10-13H2,1-2H3. The zero-order valence-electron chi connectivity index (χ0n) is 13.4. The van der Waals surface area contributed by atoms with Crippen LogP contribution in [-0.2, 0) is 11.3 Å². The van der Waals surface area contributed by atoms with E-state index >= 15 is 0 Å². The van der Waals surface area contributed by atoms with Crippen molar-refractivity contribution in [3.63, 3.8) is 0 Å². The monoisotopic (exact) mass is 292 g/mol. The summed E-state index contributed by atoms with van der Waals surface area (Å²) in [5.41, 5.74) is 1.56. The van der Waals surface area contributed by atoms with Gasteiger partial charge in [-0.05, 0) is 45.7 Å². The lowest BCUT2D eigenvalue weighted by Crippen LogP contribution is -2.48. The molecular weight excluding hydrogens is 264 g/mol. The molecule has 3 rings (SSSR count). The van der Waals surface area contributed by atoms with Crippen LogP contribution in [0.25, 0.3) is 0 Å². The minimum atomic E-state index is 0.271.